The first kappa shape index (κ1) is 10.9. The van der Waals surface area contributed by atoms with E-state index >= 15 is 0 Å². The van der Waals surface area contributed by atoms with E-state index in [1.54, 1.807) is 12.1 Å². The zero-order valence-electron chi connectivity index (χ0n) is 9.07. The molecule has 0 saturated carbocycles. The molecule has 0 amide bonds. The van der Waals surface area contributed by atoms with Crippen LogP contribution in [-0.4, -0.2) is 11.1 Å². The average Bonchev–Trinajstić information content (AvgIpc) is 2.75. The number of benzene rings is 1. The van der Waals surface area contributed by atoms with Crippen LogP contribution in [0.25, 0.3) is 5.69 Å². The van der Waals surface area contributed by atoms with E-state index in [1.165, 1.54) is 17.8 Å². The first-order valence-electron chi connectivity index (χ1n) is 5.43. The Morgan fingerprint density at radius 3 is 2.56 bits per heavy atom. The van der Waals surface area contributed by atoms with Gasteiger partial charge in [-0.3, -0.25) is 0 Å². The minimum Gasteiger partial charge on any atom is -0.330 e. The molecule has 2 aromatic rings. The highest BCUT2D eigenvalue weighted by atomic mass is 19.1. The lowest BCUT2D eigenvalue weighted by atomic mass is 10.2. The van der Waals surface area contributed by atoms with Gasteiger partial charge in [-0.25, -0.2) is 4.39 Å². The molecule has 0 aliphatic rings. The van der Waals surface area contributed by atoms with Crippen molar-refractivity contribution >= 4 is 0 Å². The smallest absolute Gasteiger partial charge is 0.123 e. The van der Waals surface area contributed by atoms with E-state index in [0.29, 0.717) is 6.54 Å². The Labute approximate surface area is 94.5 Å². The topological polar surface area (TPSA) is 30.9 Å². The van der Waals surface area contributed by atoms with Crippen molar-refractivity contribution in [2.75, 3.05) is 6.54 Å². The fraction of sp³-hybridized carbons (Fsp3) is 0.231. The van der Waals surface area contributed by atoms with Crippen molar-refractivity contribution in [1.82, 2.24) is 4.57 Å². The van der Waals surface area contributed by atoms with Gasteiger partial charge < -0.3 is 10.3 Å². The Balaban J connectivity index is 2.26. The minimum absolute atomic E-state index is 0.209. The van der Waals surface area contributed by atoms with E-state index in [-0.39, 0.29) is 5.82 Å². The molecule has 2 rings (SSSR count). The van der Waals surface area contributed by atoms with Crippen LogP contribution in [0, 0.1) is 5.82 Å². The summed E-state index contributed by atoms with van der Waals surface area (Å²) in [5.41, 5.74) is 7.69. The van der Waals surface area contributed by atoms with Gasteiger partial charge in [-0.2, -0.15) is 0 Å². The van der Waals surface area contributed by atoms with Gasteiger partial charge in [0.25, 0.3) is 0 Å². The van der Waals surface area contributed by atoms with Gasteiger partial charge in [-0.15, -0.1) is 0 Å². The van der Waals surface area contributed by atoms with E-state index in [1.807, 2.05) is 12.3 Å². The fourth-order valence-electron chi connectivity index (χ4n) is 1.76. The van der Waals surface area contributed by atoms with Crippen LogP contribution in [0.3, 0.4) is 0 Å². The number of rotatable bonds is 4. The van der Waals surface area contributed by atoms with E-state index < -0.39 is 0 Å². The normalized spacial score (nSPS) is 10.6. The standard InChI is InChI=1S/C13H15FN2/c14-11-5-7-13(8-6-11)16-10-2-4-12(16)3-1-9-15/h2,4-8,10H,1,3,9,15H2. The molecule has 0 bridgehead atoms. The van der Waals surface area contributed by atoms with Crippen molar-refractivity contribution in [2.45, 2.75) is 12.8 Å². The second-order valence-corrected chi connectivity index (χ2v) is 3.74. The van der Waals surface area contributed by atoms with Crippen molar-refractivity contribution < 1.29 is 4.39 Å². The molecule has 3 heteroatoms. The summed E-state index contributed by atoms with van der Waals surface area (Å²) in [6.45, 7) is 0.689. The summed E-state index contributed by atoms with van der Waals surface area (Å²) in [4.78, 5) is 0. The molecule has 1 aromatic carbocycles. The molecule has 1 heterocycles. The maximum atomic E-state index is 12.8. The van der Waals surface area contributed by atoms with E-state index in [2.05, 4.69) is 10.6 Å². The lowest BCUT2D eigenvalue weighted by molar-refractivity contribution is 0.627. The molecule has 0 radical (unpaired) electrons. The summed E-state index contributed by atoms with van der Waals surface area (Å²) in [5.74, 6) is -0.209. The van der Waals surface area contributed by atoms with Crippen LogP contribution in [0.2, 0.25) is 0 Å². The van der Waals surface area contributed by atoms with E-state index in [4.69, 9.17) is 5.73 Å². The summed E-state index contributed by atoms with van der Waals surface area (Å²) in [6, 6.07) is 10.6. The van der Waals surface area contributed by atoms with Crippen LogP contribution in [0.1, 0.15) is 12.1 Å². The molecule has 0 saturated heterocycles. The second-order valence-electron chi connectivity index (χ2n) is 3.74. The number of halogens is 1. The summed E-state index contributed by atoms with van der Waals surface area (Å²) in [7, 11) is 0. The third kappa shape index (κ3) is 2.31. The molecule has 0 unspecified atom stereocenters. The first-order chi connectivity index (χ1) is 7.81. The van der Waals surface area contributed by atoms with Gasteiger partial charge >= 0.3 is 0 Å². The van der Waals surface area contributed by atoms with Gasteiger partial charge in [0.1, 0.15) is 5.82 Å². The summed E-state index contributed by atoms with van der Waals surface area (Å²) in [6.07, 6.45) is 3.89. The molecule has 1 aromatic heterocycles. The molecule has 0 spiro atoms. The molecule has 2 N–H and O–H groups in total. The maximum absolute atomic E-state index is 12.8. The Morgan fingerprint density at radius 2 is 1.88 bits per heavy atom. The third-order valence-corrected chi connectivity index (χ3v) is 2.58. The summed E-state index contributed by atoms with van der Waals surface area (Å²) < 4.78 is 14.9. The monoisotopic (exact) mass is 218 g/mol. The summed E-state index contributed by atoms with van der Waals surface area (Å²) in [5, 5.41) is 0. The highest BCUT2D eigenvalue weighted by molar-refractivity contribution is 5.35. The van der Waals surface area contributed by atoms with Crippen molar-refractivity contribution in [2.24, 2.45) is 5.73 Å². The van der Waals surface area contributed by atoms with Crippen molar-refractivity contribution in [3.8, 4) is 5.69 Å². The van der Waals surface area contributed by atoms with E-state index in [9.17, 15) is 4.39 Å². The number of hydrogen-bond acceptors (Lipinski definition) is 1. The van der Waals surface area contributed by atoms with Crippen LogP contribution in [0.4, 0.5) is 4.39 Å². The predicted molar refractivity (Wildman–Crippen MR) is 63.1 cm³/mol. The average molecular weight is 218 g/mol. The molecule has 16 heavy (non-hydrogen) atoms. The Hall–Kier alpha value is -1.61. The lowest BCUT2D eigenvalue weighted by Gasteiger charge is -2.08. The minimum atomic E-state index is -0.209. The molecule has 0 atom stereocenters. The Morgan fingerprint density at radius 1 is 1.12 bits per heavy atom. The van der Waals surface area contributed by atoms with Gasteiger partial charge in [-0.05, 0) is 55.8 Å². The lowest BCUT2D eigenvalue weighted by Crippen LogP contribution is -2.04. The van der Waals surface area contributed by atoms with Gasteiger partial charge in [0.15, 0.2) is 0 Å². The predicted octanol–water partition coefficient (Wildman–Crippen LogP) is 2.51. The van der Waals surface area contributed by atoms with Crippen LogP contribution in [0.15, 0.2) is 42.6 Å². The van der Waals surface area contributed by atoms with Gasteiger partial charge in [0, 0.05) is 17.6 Å². The molecule has 84 valence electrons. The zero-order chi connectivity index (χ0) is 11.4. The van der Waals surface area contributed by atoms with Gasteiger partial charge in [-0.1, -0.05) is 0 Å². The number of aryl methyl sites for hydroxylation is 1. The fourth-order valence-corrected chi connectivity index (χ4v) is 1.76. The zero-order valence-corrected chi connectivity index (χ0v) is 9.07. The van der Waals surface area contributed by atoms with Crippen molar-refractivity contribution in [3.05, 3.63) is 54.1 Å². The highest BCUT2D eigenvalue weighted by Gasteiger charge is 2.02. The number of nitrogens with zero attached hydrogens (tertiary/aromatic N) is 1. The van der Waals surface area contributed by atoms with Gasteiger partial charge in [0.2, 0.25) is 0 Å². The Kier molecular flexibility index (Phi) is 3.37. The molecular formula is C13H15FN2. The SMILES string of the molecule is NCCCc1cccn1-c1ccc(F)cc1. The molecule has 0 aliphatic carbocycles. The first-order valence-corrected chi connectivity index (χ1v) is 5.43. The highest BCUT2D eigenvalue weighted by Crippen LogP contribution is 2.14. The van der Waals surface area contributed by atoms with E-state index in [0.717, 1.165) is 18.5 Å². The number of hydrogen-bond donors (Lipinski definition) is 1. The van der Waals surface area contributed by atoms with Gasteiger partial charge in [0.05, 0.1) is 0 Å². The molecule has 2 nitrogen and oxygen atoms in total. The molecule has 0 aliphatic heterocycles. The van der Waals surface area contributed by atoms with Crippen LogP contribution < -0.4 is 5.73 Å². The second kappa shape index (κ2) is 4.94. The maximum Gasteiger partial charge on any atom is 0.123 e. The number of nitrogens with two attached hydrogens (primary N) is 1. The largest absolute Gasteiger partial charge is 0.330 e. The third-order valence-electron chi connectivity index (χ3n) is 2.58. The van der Waals surface area contributed by atoms with Crippen LogP contribution in [0.5, 0.6) is 0 Å². The summed E-state index contributed by atoms with van der Waals surface area (Å²) >= 11 is 0. The number of aromatic nitrogens is 1. The Bertz CT molecular complexity index is 445. The quantitative estimate of drug-likeness (QED) is 0.839. The van der Waals surface area contributed by atoms with Crippen LogP contribution >= 0.6 is 0 Å². The van der Waals surface area contributed by atoms with Crippen molar-refractivity contribution in [3.63, 3.8) is 0 Å². The van der Waals surface area contributed by atoms with Crippen molar-refractivity contribution in [1.29, 1.82) is 0 Å². The molecular weight excluding hydrogens is 203 g/mol. The molecule has 0 fully saturated rings. The van der Waals surface area contributed by atoms with Crippen LogP contribution in [-0.2, 0) is 6.42 Å².